The molecule has 0 rings (SSSR count). The van der Waals surface area contributed by atoms with Crippen molar-refractivity contribution in [2.75, 3.05) is 0 Å². The third kappa shape index (κ3) is 5.50. The molecule has 12 nitrogen and oxygen atoms in total. The van der Waals surface area contributed by atoms with Gasteiger partial charge in [0.1, 0.15) is 0 Å². The van der Waals surface area contributed by atoms with Crippen LogP contribution in [0.2, 0.25) is 0 Å². The molecule has 96 valence electrons. The lowest BCUT2D eigenvalue weighted by Gasteiger charge is -2.37. The highest BCUT2D eigenvalue weighted by Gasteiger charge is 2.33. The van der Waals surface area contributed by atoms with Crippen molar-refractivity contribution in [3.8, 4) is 0 Å². The van der Waals surface area contributed by atoms with E-state index in [1.807, 2.05) is 0 Å². The minimum absolute atomic E-state index is 0.573. The molecule has 0 saturated carbocycles. The fourth-order valence-corrected chi connectivity index (χ4v) is 0.599. The molecule has 17 heavy (non-hydrogen) atoms. The minimum atomic E-state index is -3.21. The van der Waals surface area contributed by atoms with E-state index in [0.717, 1.165) is 0 Å². The first-order valence-electron chi connectivity index (χ1n) is 3.54. The standard InChI is InChI=1S/C5H8N4O8/c1-6(10)14-5(15-7(2)11,16-8(3)12)17-9(4)13/h1-4H2. The van der Waals surface area contributed by atoms with E-state index in [2.05, 4.69) is 46.2 Å². The van der Waals surface area contributed by atoms with E-state index >= 15 is 0 Å². The SMILES string of the molecule is C=[N+]([O-])OC(O[N+](=C)[O-])(O[N+](=C)[O-])O[N+](=C)[O-]. The summed E-state index contributed by atoms with van der Waals surface area (Å²) in [7, 11) is 0. The van der Waals surface area contributed by atoms with Crippen molar-refractivity contribution in [3.05, 3.63) is 20.8 Å². The van der Waals surface area contributed by atoms with Gasteiger partial charge in [-0.2, -0.15) is 0 Å². The van der Waals surface area contributed by atoms with E-state index in [1.165, 1.54) is 0 Å². The van der Waals surface area contributed by atoms with Crippen molar-refractivity contribution < 1.29 is 39.0 Å². The molecule has 0 aromatic rings. The van der Waals surface area contributed by atoms with Crippen molar-refractivity contribution in [1.29, 1.82) is 0 Å². The number of hydrogen-bond donors (Lipinski definition) is 0. The Morgan fingerprint density at radius 3 is 0.882 bits per heavy atom. The second-order valence-corrected chi connectivity index (χ2v) is 2.20. The van der Waals surface area contributed by atoms with Crippen molar-refractivity contribution in [2.45, 2.75) is 6.16 Å². The molecule has 0 N–H and O–H groups in total. The Hall–Kier alpha value is -2.92. The van der Waals surface area contributed by atoms with E-state index in [0.29, 0.717) is 0 Å². The zero-order valence-electron chi connectivity index (χ0n) is 8.38. The first-order valence-corrected chi connectivity index (χ1v) is 3.54. The summed E-state index contributed by atoms with van der Waals surface area (Å²) in [5, 5.41) is 42.1. The molecule has 0 fully saturated rings. The predicted molar refractivity (Wildman–Crippen MR) is 50.1 cm³/mol. The van der Waals surface area contributed by atoms with Gasteiger partial charge in [-0.1, -0.05) is 0 Å². The molecular weight excluding hydrogens is 244 g/mol. The zero-order valence-corrected chi connectivity index (χ0v) is 8.38. The minimum Gasteiger partial charge on any atom is -0.344 e. The Labute approximate surface area is 93.9 Å². The van der Waals surface area contributed by atoms with E-state index < -0.39 is 25.8 Å². The van der Waals surface area contributed by atoms with Crippen LogP contribution in [0.25, 0.3) is 0 Å². The van der Waals surface area contributed by atoms with Crippen molar-refractivity contribution >= 4 is 26.9 Å². The second-order valence-electron chi connectivity index (χ2n) is 2.20. The summed E-state index contributed by atoms with van der Waals surface area (Å²) in [6.45, 7) is 10.6. The van der Waals surface area contributed by atoms with E-state index in [4.69, 9.17) is 0 Å². The third-order valence-electron chi connectivity index (χ3n) is 0.854. The van der Waals surface area contributed by atoms with Crippen LogP contribution in [-0.2, 0) is 19.4 Å². The summed E-state index contributed by atoms with van der Waals surface area (Å²) in [5.41, 5.74) is 0. The molecule has 0 bridgehead atoms. The van der Waals surface area contributed by atoms with E-state index in [-0.39, 0.29) is 0 Å². The molecule has 0 saturated heterocycles. The second kappa shape index (κ2) is 5.24. The lowest BCUT2D eigenvalue weighted by molar-refractivity contribution is -1.02. The topological polar surface area (TPSA) is 141 Å². The van der Waals surface area contributed by atoms with Crippen LogP contribution < -0.4 is 0 Å². The Morgan fingerprint density at radius 2 is 0.765 bits per heavy atom. The Bertz CT molecular complexity index is 284. The van der Waals surface area contributed by atoms with Crippen LogP contribution in [0.1, 0.15) is 0 Å². The summed E-state index contributed by atoms with van der Waals surface area (Å²) < 4.78 is 0. The maximum atomic E-state index is 10.5. The molecule has 0 spiro atoms. The number of hydrogen-bond acceptors (Lipinski definition) is 8. The van der Waals surface area contributed by atoms with Crippen LogP contribution in [0.4, 0.5) is 0 Å². The Balaban J connectivity index is 5.16. The molecule has 0 aromatic carbocycles. The molecular formula is C5H8N4O8. The van der Waals surface area contributed by atoms with Gasteiger partial charge >= 0.3 is 6.16 Å². The lowest BCUT2D eigenvalue weighted by atomic mass is 11.1. The maximum Gasteiger partial charge on any atom is 0.398 e. The van der Waals surface area contributed by atoms with Crippen LogP contribution in [-0.4, -0.2) is 52.6 Å². The average molecular weight is 252 g/mol. The Morgan fingerprint density at radius 1 is 0.588 bits per heavy atom. The lowest BCUT2D eigenvalue weighted by Crippen LogP contribution is -2.48. The maximum absolute atomic E-state index is 10.5. The van der Waals surface area contributed by atoms with Crippen molar-refractivity contribution in [3.63, 3.8) is 0 Å². The van der Waals surface area contributed by atoms with Gasteiger partial charge in [0.2, 0.25) is 0 Å². The van der Waals surface area contributed by atoms with Gasteiger partial charge in [0.25, 0.3) is 0 Å². The van der Waals surface area contributed by atoms with Crippen LogP contribution in [0.3, 0.4) is 0 Å². The van der Waals surface area contributed by atoms with E-state index in [1.54, 1.807) is 0 Å². The highest BCUT2D eigenvalue weighted by Crippen LogP contribution is 2.17. The largest absolute Gasteiger partial charge is 0.398 e. The van der Waals surface area contributed by atoms with Gasteiger partial charge in [0, 0.05) is 19.6 Å². The first-order chi connectivity index (χ1) is 7.67. The molecule has 0 radical (unpaired) electrons. The summed E-state index contributed by atoms with van der Waals surface area (Å²) >= 11 is 0. The monoisotopic (exact) mass is 252 g/mol. The summed E-state index contributed by atoms with van der Waals surface area (Å²) in [6, 6.07) is 0. The van der Waals surface area contributed by atoms with Crippen LogP contribution in [0.15, 0.2) is 0 Å². The van der Waals surface area contributed by atoms with Crippen LogP contribution >= 0.6 is 0 Å². The molecule has 0 aliphatic rings. The fourth-order valence-electron chi connectivity index (χ4n) is 0.599. The molecule has 0 heterocycles. The zero-order chi connectivity index (χ0) is 13.6. The molecule has 0 unspecified atom stereocenters. The highest BCUT2D eigenvalue weighted by atomic mass is 17.2. The smallest absolute Gasteiger partial charge is 0.344 e. The molecule has 0 atom stereocenters. The Kier molecular flexibility index (Phi) is 4.34. The van der Waals surface area contributed by atoms with Crippen molar-refractivity contribution in [1.82, 2.24) is 0 Å². The van der Waals surface area contributed by atoms with Gasteiger partial charge in [-0.25, -0.2) is 0 Å². The highest BCUT2D eigenvalue weighted by molar-refractivity contribution is 5.14. The third-order valence-corrected chi connectivity index (χ3v) is 0.854. The number of nitrogens with zero attached hydrogens (tertiary/aromatic N) is 4. The summed E-state index contributed by atoms with van der Waals surface area (Å²) in [5.74, 6) is 0. The molecule has 0 aliphatic carbocycles. The molecule has 0 amide bonds. The van der Waals surface area contributed by atoms with Gasteiger partial charge in [0.15, 0.2) is 26.9 Å². The molecule has 0 aromatic heterocycles. The quantitative estimate of drug-likeness (QED) is 0.212. The van der Waals surface area contributed by atoms with Crippen molar-refractivity contribution in [2.24, 2.45) is 0 Å². The van der Waals surface area contributed by atoms with E-state index in [9.17, 15) is 20.8 Å². The van der Waals surface area contributed by atoms with Gasteiger partial charge in [-0.05, 0) is 0 Å². The molecule has 0 aliphatic heterocycles. The predicted octanol–water partition coefficient (Wildman–Crippen LogP) is -1.83. The summed E-state index contributed by atoms with van der Waals surface area (Å²) in [6.07, 6.45) is -3.21. The van der Waals surface area contributed by atoms with Gasteiger partial charge in [0.05, 0.1) is 0 Å². The van der Waals surface area contributed by atoms with Crippen LogP contribution in [0.5, 0.6) is 0 Å². The van der Waals surface area contributed by atoms with Gasteiger partial charge in [-0.3, -0.25) is 20.8 Å². The summed E-state index contributed by atoms with van der Waals surface area (Å²) in [4.78, 5) is 13.8. The molecule has 12 heteroatoms. The fraction of sp³-hybridized carbons (Fsp3) is 0.200. The number of rotatable bonds is 8. The van der Waals surface area contributed by atoms with Crippen LogP contribution in [0, 0.1) is 20.8 Å². The van der Waals surface area contributed by atoms with Gasteiger partial charge < -0.3 is 19.4 Å². The normalized spacial score (nSPS) is 9.88. The average Bonchev–Trinajstić information content (AvgIpc) is 1.95. The van der Waals surface area contributed by atoms with Gasteiger partial charge in [-0.15, -0.1) is 0 Å². The first kappa shape index (κ1) is 14.1.